The van der Waals surface area contributed by atoms with Crippen molar-refractivity contribution in [3.05, 3.63) is 53.6 Å². The van der Waals surface area contributed by atoms with E-state index in [1.165, 1.54) is 5.56 Å². The highest BCUT2D eigenvalue weighted by molar-refractivity contribution is 7.22. The molecule has 4 heteroatoms. The van der Waals surface area contributed by atoms with Crippen molar-refractivity contribution in [2.24, 2.45) is 4.99 Å². The van der Waals surface area contributed by atoms with E-state index >= 15 is 0 Å². The molecule has 0 amide bonds. The van der Waals surface area contributed by atoms with Gasteiger partial charge in [0.2, 0.25) is 5.13 Å². The minimum atomic E-state index is 0.225. The summed E-state index contributed by atoms with van der Waals surface area (Å²) < 4.78 is 1.13. The molecule has 0 unspecified atom stereocenters. The van der Waals surface area contributed by atoms with Gasteiger partial charge in [0.15, 0.2) is 0 Å². The highest BCUT2D eigenvalue weighted by Crippen LogP contribution is 2.28. The fourth-order valence-electron chi connectivity index (χ4n) is 1.80. The summed E-state index contributed by atoms with van der Waals surface area (Å²) >= 11 is 1.55. The first-order valence-electron chi connectivity index (χ1n) is 5.91. The van der Waals surface area contributed by atoms with Crippen molar-refractivity contribution in [3.8, 4) is 5.75 Å². The van der Waals surface area contributed by atoms with E-state index in [0.717, 1.165) is 10.2 Å². The van der Waals surface area contributed by atoms with Gasteiger partial charge in [-0.1, -0.05) is 29.5 Å². The quantitative estimate of drug-likeness (QED) is 0.712. The Morgan fingerprint density at radius 1 is 1.21 bits per heavy atom. The van der Waals surface area contributed by atoms with Gasteiger partial charge in [-0.25, -0.2) is 9.98 Å². The Hall–Kier alpha value is -2.20. The Balaban J connectivity index is 1.95. The lowest BCUT2D eigenvalue weighted by Gasteiger charge is -1.95. The number of rotatable bonds is 2. The van der Waals surface area contributed by atoms with Crippen molar-refractivity contribution in [1.82, 2.24) is 4.98 Å². The third kappa shape index (κ3) is 2.48. The first-order chi connectivity index (χ1) is 9.22. The van der Waals surface area contributed by atoms with Crippen LogP contribution in [0, 0.1) is 6.92 Å². The average molecular weight is 268 g/mol. The minimum absolute atomic E-state index is 0.225. The van der Waals surface area contributed by atoms with Crippen LogP contribution in [0.1, 0.15) is 11.1 Å². The van der Waals surface area contributed by atoms with Crippen molar-refractivity contribution in [3.63, 3.8) is 0 Å². The number of benzene rings is 2. The number of aromatic hydroxyl groups is 1. The number of aliphatic imine (C=N–C) groups is 1. The summed E-state index contributed by atoms with van der Waals surface area (Å²) in [6, 6.07) is 13.3. The molecule has 0 radical (unpaired) electrons. The van der Waals surface area contributed by atoms with Crippen molar-refractivity contribution in [2.75, 3.05) is 0 Å². The van der Waals surface area contributed by atoms with E-state index in [1.807, 2.05) is 24.3 Å². The third-order valence-corrected chi connectivity index (χ3v) is 3.71. The maximum absolute atomic E-state index is 9.66. The van der Waals surface area contributed by atoms with Crippen LogP contribution in [0.2, 0.25) is 0 Å². The summed E-state index contributed by atoms with van der Waals surface area (Å²) in [7, 11) is 0. The topological polar surface area (TPSA) is 45.5 Å². The summed E-state index contributed by atoms with van der Waals surface area (Å²) in [5, 5.41) is 10.4. The van der Waals surface area contributed by atoms with E-state index in [-0.39, 0.29) is 5.75 Å². The Bertz CT molecular complexity index is 762. The van der Waals surface area contributed by atoms with Gasteiger partial charge < -0.3 is 5.11 Å². The van der Waals surface area contributed by atoms with Crippen LogP contribution in [0.3, 0.4) is 0 Å². The lowest BCUT2D eigenvalue weighted by molar-refractivity contribution is 0.474. The molecule has 3 rings (SSSR count). The molecule has 19 heavy (non-hydrogen) atoms. The number of phenols is 1. The molecule has 0 saturated heterocycles. The highest BCUT2D eigenvalue weighted by Gasteiger charge is 2.02. The first-order valence-corrected chi connectivity index (χ1v) is 6.73. The molecule has 3 aromatic rings. The smallest absolute Gasteiger partial charge is 0.210 e. The van der Waals surface area contributed by atoms with Crippen molar-refractivity contribution >= 4 is 32.9 Å². The van der Waals surface area contributed by atoms with E-state index in [2.05, 4.69) is 23.0 Å². The molecule has 2 aromatic carbocycles. The third-order valence-electron chi connectivity index (χ3n) is 2.78. The fourth-order valence-corrected chi connectivity index (χ4v) is 2.71. The SMILES string of the molecule is Cc1ccc2nc(N=Cc3ccccc3O)sc2c1. The second kappa shape index (κ2) is 4.82. The molecule has 0 bridgehead atoms. The monoisotopic (exact) mass is 268 g/mol. The van der Waals surface area contributed by atoms with E-state index in [4.69, 9.17) is 0 Å². The second-order valence-corrected chi connectivity index (χ2v) is 5.29. The molecule has 0 saturated carbocycles. The fraction of sp³-hybridized carbons (Fsp3) is 0.0667. The maximum Gasteiger partial charge on any atom is 0.210 e. The van der Waals surface area contributed by atoms with E-state index in [1.54, 1.807) is 29.7 Å². The lowest BCUT2D eigenvalue weighted by atomic mass is 10.2. The number of aromatic nitrogens is 1. The van der Waals surface area contributed by atoms with Gasteiger partial charge in [0.1, 0.15) is 5.75 Å². The van der Waals surface area contributed by atoms with Gasteiger partial charge in [0, 0.05) is 11.8 Å². The van der Waals surface area contributed by atoms with Crippen LogP contribution >= 0.6 is 11.3 Å². The minimum Gasteiger partial charge on any atom is -0.507 e. The maximum atomic E-state index is 9.66. The molecule has 1 N–H and O–H groups in total. The number of thiazole rings is 1. The van der Waals surface area contributed by atoms with Crippen LogP contribution in [0.4, 0.5) is 5.13 Å². The number of nitrogens with zero attached hydrogens (tertiary/aromatic N) is 2. The predicted molar refractivity (Wildman–Crippen MR) is 79.7 cm³/mol. The summed E-state index contributed by atoms with van der Waals surface area (Å²) in [5.41, 5.74) is 2.87. The molecule has 94 valence electrons. The van der Waals surface area contributed by atoms with Gasteiger partial charge in [0.05, 0.1) is 10.2 Å². The largest absolute Gasteiger partial charge is 0.507 e. The van der Waals surface area contributed by atoms with Crippen LogP contribution in [0.5, 0.6) is 5.75 Å². The normalized spacial score (nSPS) is 11.4. The molecule has 0 aliphatic heterocycles. The molecule has 0 fully saturated rings. The molecule has 3 nitrogen and oxygen atoms in total. The van der Waals surface area contributed by atoms with E-state index in [0.29, 0.717) is 10.7 Å². The van der Waals surface area contributed by atoms with Crippen molar-refractivity contribution < 1.29 is 5.11 Å². The number of fused-ring (bicyclic) bond motifs is 1. The summed E-state index contributed by atoms with van der Waals surface area (Å²) in [6.07, 6.45) is 1.64. The van der Waals surface area contributed by atoms with Gasteiger partial charge in [-0.15, -0.1) is 0 Å². The summed E-state index contributed by atoms with van der Waals surface area (Å²) in [4.78, 5) is 8.76. The molecule has 0 atom stereocenters. The van der Waals surface area contributed by atoms with E-state index in [9.17, 15) is 5.11 Å². The van der Waals surface area contributed by atoms with Gasteiger partial charge in [-0.3, -0.25) is 0 Å². The van der Waals surface area contributed by atoms with Gasteiger partial charge >= 0.3 is 0 Å². The number of phenolic OH excluding ortho intramolecular Hbond substituents is 1. The number of hydrogen-bond acceptors (Lipinski definition) is 4. The Kier molecular flexibility index (Phi) is 3.01. The zero-order chi connectivity index (χ0) is 13.2. The van der Waals surface area contributed by atoms with Crippen molar-refractivity contribution in [1.29, 1.82) is 0 Å². The Labute approximate surface area is 114 Å². The highest BCUT2D eigenvalue weighted by atomic mass is 32.1. The molecular weight excluding hydrogens is 256 g/mol. The summed E-state index contributed by atoms with van der Waals surface area (Å²) in [5.74, 6) is 0.225. The Morgan fingerprint density at radius 3 is 2.89 bits per heavy atom. The zero-order valence-corrected chi connectivity index (χ0v) is 11.2. The van der Waals surface area contributed by atoms with Crippen LogP contribution < -0.4 is 0 Å². The van der Waals surface area contributed by atoms with Crippen LogP contribution in [0.15, 0.2) is 47.5 Å². The second-order valence-electron chi connectivity index (χ2n) is 4.28. The summed E-state index contributed by atoms with van der Waals surface area (Å²) in [6.45, 7) is 2.06. The first kappa shape index (κ1) is 11.9. The Morgan fingerprint density at radius 2 is 2.05 bits per heavy atom. The average Bonchev–Trinajstić information content (AvgIpc) is 2.79. The molecule has 1 heterocycles. The van der Waals surface area contributed by atoms with Crippen LogP contribution in [0.25, 0.3) is 10.2 Å². The van der Waals surface area contributed by atoms with Crippen molar-refractivity contribution in [2.45, 2.75) is 6.92 Å². The van der Waals surface area contributed by atoms with E-state index < -0.39 is 0 Å². The zero-order valence-electron chi connectivity index (χ0n) is 10.4. The number of aryl methyl sites for hydroxylation is 1. The van der Waals surface area contributed by atoms with Gasteiger partial charge in [-0.05, 0) is 36.8 Å². The molecule has 0 aliphatic rings. The number of para-hydroxylation sites is 1. The van der Waals surface area contributed by atoms with Crippen LogP contribution in [-0.4, -0.2) is 16.3 Å². The van der Waals surface area contributed by atoms with Gasteiger partial charge in [-0.2, -0.15) is 0 Å². The number of hydrogen-bond donors (Lipinski definition) is 1. The molecule has 0 aliphatic carbocycles. The predicted octanol–water partition coefficient (Wildman–Crippen LogP) is 4.06. The van der Waals surface area contributed by atoms with Crippen LogP contribution in [-0.2, 0) is 0 Å². The van der Waals surface area contributed by atoms with Gasteiger partial charge in [0.25, 0.3) is 0 Å². The standard InChI is InChI=1S/C15H12N2OS/c1-10-6-7-12-14(8-10)19-15(17-12)16-9-11-4-2-3-5-13(11)18/h2-9,18H,1H3. The molecule has 1 aromatic heterocycles. The molecular formula is C15H12N2OS. The lowest BCUT2D eigenvalue weighted by Crippen LogP contribution is -1.80. The molecule has 0 spiro atoms.